The van der Waals surface area contributed by atoms with Crippen molar-refractivity contribution in [1.29, 1.82) is 0 Å². The monoisotopic (exact) mass is 373 g/mol. The normalized spacial score (nSPS) is 21.0. The first-order valence-electron chi connectivity index (χ1n) is 9.16. The van der Waals surface area contributed by atoms with Crippen molar-refractivity contribution in [3.05, 3.63) is 29.3 Å². The maximum Gasteiger partial charge on any atom is 0.414 e. The van der Waals surface area contributed by atoms with Crippen LogP contribution in [0, 0.1) is 0 Å². The van der Waals surface area contributed by atoms with Gasteiger partial charge in [-0.3, -0.25) is 9.69 Å². The van der Waals surface area contributed by atoms with Gasteiger partial charge in [-0.1, -0.05) is 20.8 Å². The molecule has 3 rings (SSSR count). The van der Waals surface area contributed by atoms with Gasteiger partial charge in [-0.25, -0.2) is 4.79 Å². The van der Waals surface area contributed by atoms with E-state index in [2.05, 4.69) is 20.8 Å². The zero-order valence-electron chi connectivity index (χ0n) is 16.2. The number of ether oxygens (including phenoxy) is 1. The lowest BCUT2D eigenvalue weighted by Gasteiger charge is -2.32. The molecule has 1 heterocycles. The van der Waals surface area contributed by atoms with Gasteiger partial charge in [0.25, 0.3) is 0 Å². The van der Waals surface area contributed by atoms with Crippen molar-refractivity contribution in [2.45, 2.75) is 70.6 Å². The maximum atomic E-state index is 12.4. The van der Waals surface area contributed by atoms with E-state index in [0.29, 0.717) is 22.7 Å². The highest BCUT2D eigenvalue weighted by Gasteiger charge is 2.43. The van der Waals surface area contributed by atoms with Crippen LogP contribution >= 0.6 is 0 Å². The summed E-state index contributed by atoms with van der Waals surface area (Å²) in [6.45, 7) is 10.8. The zero-order valence-corrected chi connectivity index (χ0v) is 17.2. The Labute approximate surface area is 158 Å². The Hall–Kier alpha value is -1.66. The molecule has 0 saturated carbocycles. The highest BCUT2D eigenvalue weighted by atomic mass is 28.2. The van der Waals surface area contributed by atoms with Crippen LogP contribution in [-0.4, -0.2) is 39.9 Å². The van der Waals surface area contributed by atoms with E-state index in [1.165, 1.54) is 0 Å². The quantitative estimate of drug-likeness (QED) is 0.744. The van der Waals surface area contributed by atoms with Gasteiger partial charge < -0.3 is 9.16 Å². The highest BCUT2D eigenvalue weighted by molar-refractivity contribution is 6.31. The number of nitrogens with zero attached hydrogens (tertiary/aromatic N) is 1. The topological polar surface area (TPSA) is 55.8 Å². The van der Waals surface area contributed by atoms with E-state index in [4.69, 9.17) is 9.16 Å². The number of amides is 1. The molecule has 1 aromatic rings. The lowest BCUT2D eigenvalue weighted by atomic mass is 9.90. The predicted octanol–water partition coefficient (Wildman–Crippen LogP) is 4.16. The Morgan fingerprint density at radius 3 is 2.58 bits per heavy atom. The van der Waals surface area contributed by atoms with Crippen LogP contribution < -0.4 is 4.90 Å². The number of carbonyl (C=O) groups is 2. The Kier molecular flexibility index (Phi) is 5.01. The van der Waals surface area contributed by atoms with Crippen LogP contribution in [0.4, 0.5) is 10.5 Å². The Morgan fingerprint density at radius 1 is 1.15 bits per heavy atom. The number of anilines is 1. The summed E-state index contributed by atoms with van der Waals surface area (Å²) in [6, 6.07) is 5.65. The Balaban J connectivity index is 1.75. The second-order valence-corrected chi connectivity index (χ2v) is 10.6. The maximum absolute atomic E-state index is 12.4. The van der Waals surface area contributed by atoms with Gasteiger partial charge in [0.05, 0.1) is 12.1 Å². The second kappa shape index (κ2) is 6.81. The van der Waals surface area contributed by atoms with Crippen LogP contribution in [0.1, 0.15) is 63.4 Å². The van der Waals surface area contributed by atoms with Gasteiger partial charge in [0.15, 0.2) is 5.78 Å². The molecule has 1 aliphatic heterocycles. The molecule has 1 fully saturated rings. The smallest absolute Gasteiger partial charge is 0.414 e. The minimum Gasteiger partial charge on any atom is -0.441 e. The molecule has 1 amide bonds. The van der Waals surface area contributed by atoms with Crippen molar-refractivity contribution in [1.82, 2.24) is 0 Å². The molecular formula is C20H27NO4Si. The second-order valence-electron chi connectivity index (χ2n) is 8.66. The third kappa shape index (κ3) is 4.01. The molecule has 5 nitrogen and oxygen atoms in total. The summed E-state index contributed by atoms with van der Waals surface area (Å²) in [7, 11) is 0.324. The van der Waals surface area contributed by atoms with Crippen molar-refractivity contribution in [3.8, 4) is 0 Å². The van der Waals surface area contributed by atoms with Crippen molar-refractivity contribution in [3.63, 3.8) is 0 Å². The van der Waals surface area contributed by atoms with Crippen molar-refractivity contribution in [2.75, 3.05) is 11.4 Å². The summed E-state index contributed by atoms with van der Waals surface area (Å²) >= 11 is 0. The SMILES string of the molecule is CC(C)(C)[Si]OC(C)(C)[C@H]1CN(c2ccc3c(c2)CCCC3=O)C(=O)O1. The third-order valence-electron chi connectivity index (χ3n) is 4.76. The van der Waals surface area contributed by atoms with E-state index in [1.807, 2.05) is 32.0 Å². The molecule has 0 unspecified atom stereocenters. The van der Waals surface area contributed by atoms with Crippen LogP contribution in [0.15, 0.2) is 18.2 Å². The first kappa shape index (κ1) is 19.1. The Morgan fingerprint density at radius 2 is 1.88 bits per heavy atom. The molecule has 0 aromatic heterocycles. The van der Waals surface area contributed by atoms with Gasteiger partial charge in [-0.15, -0.1) is 0 Å². The average Bonchev–Trinajstić information content (AvgIpc) is 2.95. The molecule has 0 spiro atoms. The third-order valence-corrected chi connectivity index (χ3v) is 6.00. The van der Waals surface area contributed by atoms with Crippen LogP contribution in [0.3, 0.4) is 0 Å². The molecular weight excluding hydrogens is 346 g/mol. The van der Waals surface area contributed by atoms with Crippen LogP contribution in [0.2, 0.25) is 5.04 Å². The summed E-state index contributed by atoms with van der Waals surface area (Å²) in [4.78, 5) is 26.1. The molecule has 1 aliphatic carbocycles. The number of hydrogen-bond acceptors (Lipinski definition) is 4. The standard InChI is InChI=1S/C20H27NO4Si/c1-19(2,3)26-25-20(4,5)17-12-21(18(23)24-17)14-9-10-15-13(11-14)7-6-8-16(15)22/h9-11,17H,6-8,12H2,1-5H3/t17-/m1/s1. The first-order chi connectivity index (χ1) is 12.1. The fraction of sp³-hybridized carbons (Fsp3) is 0.600. The summed E-state index contributed by atoms with van der Waals surface area (Å²) < 4.78 is 11.7. The molecule has 26 heavy (non-hydrogen) atoms. The lowest BCUT2D eigenvalue weighted by Crippen LogP contribution is -2.43. The van der Waals surface area contributed by atoms with E-state index in [-0.39, 0.29) is 23.0 Å². The first-order valence-corrected chi connectivity index (χ1v) is 10.1. The number of Topliss-reactive ketones (excluding diaryl/α,β-unsaturated/α-hetero) is 1. The van der Waals surface area contributed by atoms with E-state index in [9.17, 15) is 9.59 Å². The summed E-state index contributed by atoms with van der Waals surface area (Å²) in [6.07, 6.45) is 1.68. The van der Waals surface area contributed by atoms with Crippen molar-refractivity contribution in [2.24, 2.45) is 0 Å². The minimum atomic E-state index is -0.555. The molecule has 1 atom stereocenters. The summed E-state index contributed by atoms with van der Waals surface area (Å²) in [5.41, 5.74) is 2.05. The Bertz CT molecular complexity index is 723. The fourth-order valence-electron chi connectivity index (χ4n) is 3.19. The average molecular weight is 374 g/mol. The summed E-state index contributed by atoms with van der Waals surface area (Å²) in [5, 5.41) is 0.0740. The van der Waals surface area contributed by atoms with E-state index >= 15 is 0 Å². The van der Waals surface area contributed by atoms with Crippen LogP contribution in [0.5, 0.6) is 0 Å². The molecule has 2 aliphatic rings. The number of carbonyl (C=O) groups excluding carboxylic acids is 2. The van der Waals surface area contributed by atoms with Gasteiger partial charge in [0.1, 0.15) is 6.10 Å². The molecule has 0 N–H and O–H groups in total. The number of fused-ring (bicyclic) bond motifs is 1. The predicted molar refractivity (Wildman–Crippen MR) is 102 cm³/mol. The zero-order chi connectivity index (χ0) is 19.1. The number of cyclic esters (lactones) is 1. The fourth-order valence-corrected chi connectivity index (χ4v) is 3.89. The van der Waals surface area contributed by atoms with E-state index < -0.39 is 5.60 Å². The minimum absolute atomic E-state index is 0.0740. The van der Waals surface area contributed by atoms with Gasteiger partial charge in [-0.2, -0.15) is 0 Å². The number of benzene rings is 1. The number of aryl methyl sites for hydroxylation is 1. The molecule has 1 saturated heterocycles. The van der Waals surface area contributed by atoms with Gasteiger partial charge >= 0.3 is 6.09 Å². The number of rotatable bonds is 4. The van der Waals surface area contributed by atoms with Crippen LogP contribution in [0.25, 0.3) is 0 Å². The number of hydrogen-bond donors (Lipinski definition) is 0. The lowest BCUT2D eigenvalue weighted by molar-refractivity contribution is -0.0133. The molecule has 140 valence electrons. The van der Waals surface area contributed by atoms with E-state index in [0.717, 1.165) is 29.7 Å². The largest absolute Gasteiger partial charge is 0.441 e. The molecule has 6 heteroatoms. The molecule has 0 bridgehead atoms. The number of ketones is 1. The van der Waals surface area contributed by atoms with E-state index in [1.54, 1.807) is 4.90 Å². The highest BCUT2D eigenvalue weighted by Crippen LogP contribution is 2.33. The molecule has 1 aromatic carbocycles. The van der Waals surface area contributed by atoms with Crippen molar-refractivity contribution >= 4 is 27.3 Å². The van der Waals surface area contributed by atoms with Gasteiger partial charge in [0.2, 0.25) is 9.76 Å². The van der Waals surface area contributed by atoms with Gasteiger partial charge in [-0.05, 0) is 55.5 Å². The summed E-state index contributed by atoms with van der Waals surface area (Å²) in [5.74, 6) is 0.192. The van der Waals surface area contributed by atoms with Crippen LogP contribution in [-0.2, 0) is 15.6 Å². The van der Waals surface area contributed by atoms with Crippen molar-refractivity contribution < 1.29 is 18.8 Å². The van der Waals surface area contributed by atoms with Gasteiger partial charge in [0, 0.05) is 17.7 Å². The molecule has 2 radical (unpaired) electrons.